The molecule has 18 heavy (non-hydrogen) atoms. The van der Waals surface area contributed by atoms with E-state index in [4.69, 9.17) is 4.74 Å². The Hall–Kier alpha value is -2.02. The van der Waals surface area contributed by atoms with Crippen LogP contribution in [0, 0.1) is 0 Å². The van der Waals surface area contributed by atoms with Crippen LogP contribution in [0.15, 0.2) is 48.5 Å². The van der Waals surface area contributed by atoms with Crippen LogP contribution in [-0.2, 0) is 6.42 Å². The van der Waals surface area contributed by atoms with E-state index in [-0.39, 0.29) is 6.10 Å². The molecule has 0 spiro atoms. The summed E-state index contributed by atoms with van der Waals surface area (Å²) in [6.45, 7) is 2.14. The van der Waals surface area contributed by atoms with Crippen LogP contribution in [0.25, 0.3) is 21.5 Å². The van der Waals surface area contributed by atoms with Gasteiger partial charge in [-0.1, -0.05) is 36.4 Å². The Bertz CT molecular complexity index is 758. The standard InChI is InChI=1S/C17H14O/c1-11-9-15-14-7-3-2-5-12(14)10-13-6-4-8-16(18-11)17(13)15/h2-8,10-11H,9H2,1H3. The fourth-order valence-corrected chi connectivity index (χ4v) is 3.05. The molecule has 3 aromatic carbocycles. The van der Waals surface area contributed by atoms with Gasteiger partial charge in [0.1, 0.15) is 5.75 Å². The van der Waals surface area contributed by atoms with Crippen molar-refractivity contribution in [3.05, 3.63) is 54.1 Å². The Morgan fingerprint density at radius 3 is 2.78 bits per heavy atom. The number of fused-ring (bicyclic) bond motifs is 2. The van der Waals surface area contributed by atoms with E-state index in [1.54, 1.807) is 0 Å². The van der Waals surface area contributed by atoms with Crippen LogP contribution in [0.2, 0.25) is 0 Å². The lowest BCUT2D eigenvalue weighted by molar-refractivity contribution is 0.219. The van der Waals surface area contributed by atoms with Gasteiger partial charge in [-0.25, -0.2) is 0 Å². The zero-order valence-corrected chi connectivity index (χ0v) is 10.3. The Labute approximate surface area is 106 Å². The monoisotopic (exact) mass is 234 g/mol. The van der Waals surface area contributed by atoms with E-state index in [0.717, 1.165) is 12.2 Å². The molecule has 1 nitrogen and oxygen atoms in total. The van der Waals surface area contributed by atoms with Crippen LogP contribution in [0.1, 0.15) is 12.5 Å². The second-order valence-electron chi connectivity index (χ2n) is 5.06. The van der Waals surface area contributed by atoms with E-state index in [2.05, 4.69) is 55.5 Å². The molecule has 1 aliphatic rings. The normalized spacial score (nSPS) is 17.9. The fraction of sp³-hybridized carbons (Fsp3) is 0.176. The zero-order chi connectivity index (χ0) is 12.1. The molecule has 1 heterocycles. The van der Waals surface area contributed by atoms with Crippen molar-refractivity contribution in [2.75, 3.05) is 0 Å². The molecule has 3 aromatic rings. The molecule has 0 amide bonds. The molecular formula is C17H14O. The molecule has 0 aliphatic carbocycles. The molecule has 0 N–H and O–H groups in total. The van der Waals surface area contributed by atoms with Crippen LogP contribution in [0.4, 0.5) is 0 Å². The summed E-state index contributed by atoms with van der Waals surface area (Å²) in [6.07, 6.45) is 1.25. The summed E-state index contributed by atoms with van der Waals surface area (Å²) in [5.74, 6) is 1.03. The van der Waals surface area contributed by atoms with Gasteiger partial charge in [-0.2, -0.15) is 0 Å². The summed E-state index contributed by atoms with van der Waals surface area (Å²) in [4.78, 5) is 0. The number of rotatable bonds is 0. The first kappa shape index (κ1) is 9.95. The van der Waals surface area contributed by atoms with Gasteiger partial charge < -0.3 is 4.74 Å². The molecule has 0 bridgehead atoms. The predicted octanol–water partition coefficient (Wildman–Crippen LogP) is 4.32. The second kappa shape index (κ2) is 3.49. The van der Waals surface area contributed by atoms with E-state index >= 15 is 0 Å². The third-order valence-electron chi connectivity index (χ3n) is 3.78. The Morgan fingerprint density at radius 1 is 1.00 bits per heavy atom. The van der Waals surface area contributed by atoms with Crippen molar-refractivity contribution < 1.29 is 4.74 Å². The number of hydrogen-bond acceptors (Lipinski definition) is 1. The fourth-order valence-electron chi connectivity index (χ4n) is 3.05. The SMILES string of the molecule is CC1Cc2c3ccccc3cc3cccc(c23)O1. The van der Waals surface area contributed by atoms with Gasteiger partial charge in [0.15, 0.2) is 0 Å². The molecule has 0 saturated heterocycles. The van der Waals surface area contributed by atoms with Crippen molar-refractivity contribution in [2.45, 2.75) is 19.4 Å². The highest BCUT2D eigenvalue weighted by molar-refractivity contribution is 6.05. The van der Waals surface area contributed by atoms with E-state index in [1.807, 2.05) is 0 Å². The van der Waals surface area contributed by atoms with Crippen LogP contribution in [-0.4, -0.2) is 6.10 Å². The lowest BCUT2D eigenvalue weighted by atomic mass is 9.91. The molecule has 0 radical (unpaired) electrons. The van der Waals surface area contributed by atoms with E-state index in [0.29, 0.717) is 0 Å². The average Bonchev–Trinajstić information content (AvgIpc) is 2.38. The molecule has 88 valence electrons. The van der Waals surface area contributed by atoms with Gasteiger partial charge in [0, 0.05) is 11.8 Å². The minimum atomic E-state index is 0.258. The van der Waals surface area contributed by atoms with E-state index < -0.39 is 0 Å². The summed E-state index contributed by atoms with van der Waals surface area (Å²) in [6, 6.07) is 17.2. The summed E-state index contributed by atoms with van der Waals surface area (Å²) < 4.78 is 5.95. The average molecular weight is 234 g/mol. The summed E-state index contributed by atoms with van der Waals surface area (Å²) in [7, 11) is 0. The Morgan fingerprint density at radius 2 is 1.83 bits per heavy atom. The Kier molecular flexibility index (Phi) is 1.93. The van der Waals surface area contributed by atoms with Crippen molar-refractivity contribution >= 4 is 21.5 Å². The molecular weight excluding hydrogens is 220 g/mol. The molecule has 1 unspecified atom stereocenters. The van der Waals surface area contributed by atoms with Crippen LogP contribution in [0.3, 0.4) is 0 Å². The second-order valence-corrected chi connectivity index (χ2v) is 5.06. The molecule has 1 heteroatoms. The minimum absolute atomic E-state index is 0.258. The van der Waals surface area contributed by atoms with E-state index in [1.165, 1.54) is 27.1 Å². The quantitative estimate of drug-likeness (QED) is 0.526. The number of ether oxygens (including phenoxy) is 1. The number of hydrogen-bond donors (Lipinski definition) is 0. The minimum Gasteiger partial charge on any atom is -0.490 e. The van der Waals surface area contributed by atoms with Gasteiger partial charge >= 0.3 is 0 Å². The molecule has 1 atom stereocenters. The highest BCUT2D eigenvalue weighted by atomic mass is 16.5. The van der Waals surface area contributed by atoms with Gasteiger partial charge in [0.05, 0.1) is 6.10 Å². The van der Waals surface area contributed by atoms with Crippen molar-refractivity contribution in [3.8, 4) is 5.75 Å². The van der Waals surface area contributed by atoms with Gasteiger partial charge in [0.2, 0.25) is 0 Å². The maximum Gasteiger partial charge on any atom is 0.127 e. The molecule has 0 saturated carbocycles. The van der Waals surface area contributed by atoms with E-state index in [9.17, 15) is 0 Å². The number of benzene rings is 3. The predicted molar refractivity (Wildman–Crippen MR) is 75.2 cm³/mol. The molecule has 1 aliphatic heterocycles. The molecule has 4 rings (SSSR count). The van der Waals surface area contributed by atoms with Crippen LogP contribution < -0.4 is 4.74 Å². The first-order valence-electron chi connectivity index (χ1n) is 6.43. The maximum atomic E-state index is 5.95. The highest BCUT2D eigenvalue weighted by Crippen LogP contribution is 2.38. The first-order chi connectivity index (χ1) is 8.83. The topological polar surface area (TPSA) is 9.23 Å². The summed E-state index contributed by atoms with van der Waals surface area (Å²) >= 11 is 0. The van der Waals surface area contributed by atoms with Gasteiger partial charge in [-0.05, 0) is 40.8 Å². The lowest BCUT2D eigenvalue weighted by Gasteiger charge is -2.25. The molecule has 0 fully saturated rings. The van der Waals surface area contributed by atoms with Crippen LogP contribution in [0.5, 0.6) is 5.75 Å². The highest BCUT2D eigenvalue weighted by Gasteiger charge is 2.20. The van der Waals surface area contributed by atoms with Gasteiger partial charge in [-0.15, -0.1) is 0 Å². The van der Waals surface area contributed by atoms with Crippen molar-refractivity contribution in [1.29, 1.82) is 0 Å². The first-order valence-corrected chi connectivity index (χ1v) is 6.43. The zero-order valence-electron chi connectivity index (χ0n) is 10.3. The summed E-state index contributed by atoms with van der Waals surface area (Å²) in [5, 5.41) is 5.28. The van der Waals surface area contributed by atoms with Crippen molar-refractivity contribution in [2.24, 2.45) is 0 Å². The maximum absolute atomic E-state index is 5.95. The van der Waals surface area contributed by atoms with Gasteiger partial charge in [0.25, 0.3) is 0 Å². The molecule has 0 aromatic heterocycles. The van der Waals surface area contributed by atoms with Gasteiger partial charge in [-0.3, -0.25) is 0 Å². The summed E-state index contributed by atoms with van der Waals surface area (Å²) in [5.41, 5.74) is 1.44. The smallest absolute Gasteiger partial charge is 0.127 e. The largest absolute Gasteiger partial charge is 0.490 e. The van der Waals surface area contributed by atoms with Crippen LogP contribution >= 0.6 is 0 Å². The third-order valence-corrected chi connectivity index (χ3v) is 3.78. The van der Waals surface area contributed by atoms with Crippen molar-refractivity contribution in [3.63, 3.8) is 0 Å². The van der Waals surface area contributed by atoms with Crippen molar-refractivity contribution in [1.82, 2.24) is 0 Å². The third kappa shape index (κ3) is 1.28. The lowest BCUT2D eigenvalue weighted by Crippen LogP contribution is -2.19. The Balaban J connectivity index is 2.25.